The maximum Gasteiger partial charge on any atom is 0.358 e. The second-order valence-corrected chi connectivity index (χ2v) is 7.08. The largest absolute Gasteiger partial charge is 0.453 e. The topological polar surface area (TPSA) is 82.0 Å². The summed E-state index contributed by atoms with van der Waals surface area (Å²) in [6.45, 7) is 7.57. The molecule has 138 valence electrons. The van der Waals surface area contributed by atoms with Crippen molar-refractivity contribution >= 4 is 23.1 Å². The molecule has 0 saturated heterocycles. The predicted octanol–water partition coefficient (Wildman–Crippen LogP) is 3.87. The number of thiazole rings is 1. The molecule has 0 aliphatic heterocycles. The predicted molar refractivity (Wildman–Crippen MR) is 103 cm³/mol. The van der Waals surface area contributed by atoms with Crippen molar-refractivity contribution in [2.45, 2.75) is 27.7 Å². The number of nitrogens with zero attached hydrogens (tertiary/aromatic N) is 3. The molecule has 0 radical (unpaired) electrons. The first-order valence-electron chi connectivity index (χ1n) is 8.39. The molecule has 0 bridgehead atoms. The van der Waals surface area contributed by atoms with E-state index in [1.54, 1.807) is 23.8 Å². The molecule has 6 nitrogen and oxygen atoms in total. The Kier molecular flexibility index (Phi) is 5.41. The number of aryl methyl sites for hydroxylation is 1. The Morgan fingerprint density at radius 3 is 2.44 bits per heavy atom. The average Bonchev–Trinajstić information content (AvgIpc) is 3.18. The van der Waals surface area contributed by atoms with E-state index in [1.807, 2.05) is 33.8 Å². The lowest BCUT2D eigenvalue weighted by Crippen LogP contribution is -2.16. The number of ether oxygens (including phenoxy) is 1. The Bertz CT molecular complexity index is 1010. The van der Waals surface area contributed by atoms with Crippen molar-refractivity contribution in [2.24, 2.45) is 0 Å². The fourth-order valence-corrected chi connectivity index (χ4v) is 3.40. The number of hydrogen-bond acceptors (Lipinski definition) is 7. The lowest BCUT2D eigenvalue weighted by Gasteiger charge is -2.13. The molecule has 0 atom stereocenters. The molecule has 3 rings (SSSR count). The highest BCUT2D eigenvalue weighted by Gasteiger charge is 2.18. The quantitative estimate of drug-likeness (QED) is 0.493. The van der Waals surface area contributed by atoms with Gasteiger partial charge in [0.1, 0.15) is 0 Å². The summed E-state index contributed by atoms with van der Waals surface area (Å²) in [5.74, 6) is -0.423. The number of Topliss-reactive ketones (excluding diaryl/α,β-unsaturated/α-hetero) is 1. The van der Waals surface area contributed by atoms with Gasteiger partial charge in [0, 0.05) is 23.3 Å². The SMILES string of the molecule is Cc1cc(C(=O)COC(=O)c2csc(-c3ncccn3)n2)c(C)c(C)c1C. The highest BCUT2D eigenvalue weighted by molar-refractivity contribution is 7.13. The third-order valence-electron chi connectivity index (χ3n) is 4.59. The van der Waals surface area contributed by atoms with E-state index in [4.69, 9.17) is 4.74 Å². The third-order valence-corrected chi connectivity index (χ3v) is 5.42. The Balaban J connectivity index is 1.70. The Morgan fingerprint density at radius 1 is 1.04 bits per heavy atom. The van der Waals surface area contributed by atoms with Crippen LogP contribution in [0, 0.1) is 27.7 Å². The van der Waals surface area contributed by atoms with Gasteiger partial charge < -0.3 is 4.74 Å². The van der Waals surface area contributed by atoms with E-state index in [0.717, 1.165) is 16.7 Å². The van der Waals surface area contributed by atoms with E-state index < -0.39 is 5.97 Å². The first kappa shape index (κ1) is 18.8. The van der Waals surface area contributed by atoms with Crippen LogP contribution in [0.2, 0.25) is 0 Å². The fraction of sp³-hybridized carbons (Fsp3) is 0.250. The molecule has 0 aliphatic rings. The van der Waals surface area contributed by atoms with Crippen LogP contribution in [0.1, 0.15) is 43.1 Å². The minimum atomic E-state index is -0.639. The summed E-state index contributed by atoms with van der Waals surface area (Å²) in [4.78, 5) is 37.2. The van der Waals surface area contributed by atoms with Crippen LogP contribution in [0.25, 0.3) is 10.8 Å². The van der Waals surface area contributed by atoms with Gasteiger partial charge in [-0.05, 0) is 62.1 Å². The molecule has 7 heteroatoms. The van der Waals surface area contributed by atoms with Crippen LogP contribution >= 0.6 is 11.3 Å². The summed E-state index contributed by atoms with van der Waals surface area (Å²) in [6, 6.07) is 3.55. The summed E-state index contributed by atoms with van der Waals surface area (Å²) in [7, 11) is 0. The minimum absolute atomic E-state index is 0.142. The fourth-order valence-electron chi connectivity index (χ4n) is 2.66. The summed E-state index contributed by atoms with van der Waals surface area (Å²) < 4.78 is 5.17. The highest BCUT2D eigenvalue weighted by atomic mass is 32.1. The van der Waals surface area contributed by atoms with Crippen molar-refractivity contribution in [3.63, 3.8) is 0 Å². The number of rotatable bonds is 5. The average molecular weight is 381 g/mol. The van der Waals surface area contributed by atoms with Crippen molar-refractivity contribution in [1.29, 1.82) is 0 Å². The van der Waals surface area contributed by atoms with Crippen molar-refractivity contribution in [1.82, 2.24) is 15.0 Å². The molecule has 0 saturated carbocycles. The van der Waals surface area contributed by atoms with Crippen LogP contribution in [-0.2, 0) is 4.74 Å². The molecular weight excluding hydrogens is 362 g/mol. The zero-order valence-corrected chi connectivity index (χ0v) is 16.4. The van der Waals surface area contributed by atoms with Gasteiger partial charge in [-0.15, -0.1) is 11.3 Å². The third kappa shape index (κ3) is 3.93. The zero-order chi connectivity index (χ0) is 19.6. The molecular formula is C20H19N3O3S. The van der Waals surface area contributed by atoms with E-state index in [-0.39, 0.29) is 18.1 Å². The monoisotopic (exact) mass is 381 g/mol. The molecule has 0 unspecified atom stereocenters. The lowest BCUT2D eigenvalue weighted by molar-refractivity contribution is 0.0469. The van der Waals surface area contributed by atoms with Crippen molar-refractivity contribution < 1.29 is 14.3 Å². The second kappa shape index (κ2) is 7.75. The highest BCUT2D eigenvalue weighted by Crippen LogP contribution is 2.22. The lowest BCUT2D eigenvalue weighted by atomic mass is 9.93. The van der Waals surface area contributed by atoms with Gasteiger partial charge in [-0.25, -0.2) is 19.7 Å². The molecule has 0 fully saturated rings. The zero-order valence-electron chi connectivity index (χ0n) is 15.6. The molecule has 0 spiro atoms. The smallest absolute Gasteiger partial charge is 0.358 e. The van der Waals surface area contributed by atoms with E-state index in [0.29, 0.717) is 16.4 Å². The van der Waals surface area contributed by atoms with Gasteiger partial charge >= 0.3 is 5.97 Å². The number of aromatic nitrogens is 3. The van der Waals surface area contributed by atoms with Crippen molar-refractivity contribution in [3.8, 4) is 10.8 Å². The summed E-state index contributed by atoms with van der Waals surface area (Å²) in [5.41, 5.74) is 4.93. The summed E-state index contributed by atoms with van der Waals surface area (Å²) in [6.07, 6.45) is 3.21. The number of ketones is 1. The van der Waals surface area contributed by atoms with Gasteiger partial charge in [-0.1, -0.05) is 0 Å². The van der Waals surface area contributed by atoms with Crippen molar-refractivity contribution in [2.75, 3.05) is 6.61 Å². The minimum Gasteiger partial charge on any atom is -0.453 e. The molecule has 2 heterocycles. The van der Waals surface area contributed by atoms with Gasteiger partial charge in [-0.2, -0.15) is 0 Å². The molecule has 3 aromatic rings. The van der Waals surface area contributed by atoms with Gasteiger partial charge in [0.2, 0.25) is 5.78 Å². The van der Waals surface area contributed by atoms with E-state index >= 15 is 0 Å². The Hall–Kier alpha value is -2.93. The van der Waals surface area contributed by atoms with Crippen LogP contribution in [0.3, 0.4) is 0 Å². The maximum absolute atomic E-state index is 12.5. The Labute approximate surface area is 161 Å². The first-order valence-corrected chi connectivity index (χ1v) is 9.27. The van der Waals surface area contributed by atoms with Crippen molar-refractivity contribution in [3.05, 3.63) is 63.4 Å². The summed E-state index contributed by atoms with van der Waals surface area (Å²) in [5, 5.41) is 2.10. The van der Waals surface area contributed by atoms with Crippen LogP contribution in [0.5, 0.6) is 0 Å². The van der Waals surface area contributed by atoms with Gasteiger partial charge in [0.05, 0.1) is 0 Å². The summed E-state index contributed by atoms with van der Waals surface area (Å²) >= 11 is 1.25. The maximum atomic E-state index is 12.5. The number of carbonyl (C=O) groups is 2. The van der Waals surface area contributed by atoms with Gasteiger partial charge in [-0.3, -0.25) is 4.79 Å². The molecule has 1 aromatic carbocycles. The standard InChI is InChI=1S/C20H19N3O3S/c1-11-8-15(14(4)13(3)12(11)2)17(24)9-26-20(25)16-10-27-19(23-16)18-21-6-5-7-22-18/h5-8,10H,9H2,1-4H3. The van der Waals surface area contributed by atoms with Crippen LogP contribution in [0.4, 0.5) is 0 Å². The molecule has 2 aromatic heterocycles. The van der Waals surface area contributed by atoms with Crippen LogP contribution < -0.4 is 0 Å². The molecule has 0 amide bonds. The molecule has 0 N–H and O–H groups in total. The van der Waals surface area contributed by atoms with Crippen LogP contribution in [0.15, 0.2) is 29.9 Å². The number of esters is 1. The normalized spacial score (nSPS) is 10.7. The Morgan fingerprint density at radius 2 is 1.74 bits per heavy atom. The number of carbonyl (C=O) groups excluding carboxylic acids is 2. The second-order valence-electron chi connectivity index (χ2n) is 6.23. The van der Waals surface area contributed by atoms with E-state index in [2.05, 4.69) is 15.0 Å². The molecule has 0 aliphatic carbocycles. The van der Waals surface area contributed by atoms with E-state index in [9.17, 15) is 9.59 Å². The number of hydrogen-bond donors (Lipinski definition) is 0. The van der Waals surface area contributed by atoms with Crippen LogP contribution in [-0.4, -0.2) is 33.3 Å². The van der Waals surface area contributed by atoms with E-state index in [1.165, 1.54) is 16.9 Å². The number of benzene rings is 1. The van der Waals surface area contributed by atoms with Gasteiger partial charge in [0.25, 0.3) is 0 Å². The molecule has 27 heavy (non-hydrogen) atoms. The first-order chi connectivity index (χ1) is 12.9. The van der Waals surface area contributed by atoms with Gasteiger partial charge in [0.15, 0.2) is 23.1 Å².